The predicted octanol–water partition coefficient (Wildman–Crippen LogP) is 2.24. The molecule has 3 N–H and O–H groups in total. The van der Waals surface area contributed by atoms with Crippen molar-refractivity contribution in [1.29, 1.82) is 0 Å². The first-order valence-corrected chi connectivity index (χ1v) is 4.83. The normalized spacial score (nSPS) is 9.75. The van der Waals surface area contributed by atoms with Gasteiger partial charge in [0.1, 0.15) is 0 Å². The lowest BCUT2D eigenvalue weighted by Crippen LogP contribution is -2.19. The largest absolute Gasteiger partial charge is 0.351 e. The fourth-order valence-corrected chi connectivity index (χ4v) is 1.39. The summed E-state index contributed by atoms with van der Waals surface area (Å²) in [6, 6.07) is 12.8. The monoisotopic (exact) mass is 213 g/mol. The van der Waals surface area contributed by atoms with Gasteiger partial charge in [0.2, 0.25) is 0 Å². The van der Waals surface area contributed by atoms with E-state index in [1.165, 1.54) is 0 Å². The first-order valence-electron chi connectivity index (χ1n) is 4.83. The zero-order valence-corrected chi connectivity index (χ0v) is 8.55. The Morgan fingerprint density at radius 2 is 1.88 bits per heavy atom. The van der Waals surface area contributed by atoms with Crippen molar-refractivity contribution in [2.75, 3.05) is 5.32 Å². The molecule has 0 saturated carbocycles. The molecule has 2 aromatic rings. The van der Waals surface area contributed by atoms with Crippen molar-refractivity contribution >= 4 is 11.7 Å². The number of aromatic nitrogens is 1. The number of urea groups is 1. The third kappa shape index (κ3) is 2.36. The Morgan fingerprint density at radius 1 is 1.12 bits per heavy atom. The second-order valence-electron chi connectivity index (χ2n) is 3.29. The van der Waals surface area contributed by atoms with Crippen LogP contribution in [0.15, 0.2) is 48.7 Å². The lowest BCUT2D eigenvalue weighted by Gasteiger charge is -2.03. The summed E-state index contributed by atoms with van der Waals surface area (Å²) in [5, 5.41) is 2.46. The van der Waals surface area contributed by atoms with Gasteiger partial charge in [0.15, 0.2) is 0 Å². The summed E-state index contributed by atoms with van der Waals surface area (Å²) >= 11 is 0. The third-order valence-electron chi connectivity index (χ3n) is 2.10. The minimum atomic E-state index is -0.589. The number of nitrogens with zero attached hydrogens (tertiary/aromatic N) is 1. The van der Waals surface area contributed by atoms with E-state index in [2.05, 4.69) is 10.3 Å². The summed E-state index contributed by atoms with van der Waals surface area (Å²) in [7, 11) is 0. The van der Waals surface area contributed by atoms with Crippen LogP contribution in [0, 0.1) is 0 Å². The molecule has 0 saturated heterocycles. The first kappa shape index (κ1) is 10.2. The van der Waals surface area contributed by atoms with E-state index >= 15 is 0 Å². The van der Waals surface area contributed by atoms with Crippen LogP contribution in [0.25, 0.3) is 11.3 Å². The Morgan fingerprint density at radius 3 is 2.44 bits per heavy atom. The highest BCUT2D eigenvalue weighted by atomic mass is 16.2. The molecular formula is C12H11N3O. The van der Waals surface area contributed by atoms with Crippen molar-refractivity contribution in [3.8, 4) is 11.3 Å². The summed E-state index contributed by atoms with van der Waals surface area (Å²) < 4.78 is 0. The lowest BCUT2D eigenvalue weighted by molar-refractivity contribution is 0.259. The van der Waals surface area contributed by atoms with Gasteiger partial charge in [0.25, 0.3) is 0 Å². The molecule has 0 unspecified atom stereocenters. The molecule has 0 fully saturated rings. The van der Waals surface area contributed by atoms with E-state index in [1.54, 1.807) is 12.3 Å². The Balaban J connectivity index is 2.23. The van der Waals surface area contributed by atoms with Crippen LogP contribution in [-0.4, -0.2) is 11.0 Å². The fourth-order valence-electron chi connectivity index (χ4n) is 1.39. The molecule has 2 rings (SSSR count). The van der Waals surface area contributed by atoms with Crippen molar-refractivity contribution in [2.24, 2.45) is 5.73 Å². The van der Waals surface area contributed by atoms with Crippen LogP contribution in [0.2, 0.25) is 0 Å². The first-order chi connectivity index (χ1) is 7.75. The number of hydrogen-bond acceptors (Lipinski definition) is 2. The number of anilines is 1. The SMILES string of the molecule is NC(=O)Nc1ccc(-c2ccccc2)nc1. The molecule has 0 aliphatic carbocycles. The molecule has 0 bridgehead atoms. The summed E-state index contributed by atoms with van der Waals surface area (Å²) in [5.41, 5.74) is 7.48. The van der Waals surface area contributed by atoms with Crippen LogP contribution >= 0.6 is 0 Å². The van der Waals surface area contributed by atoms with E-state index < -0.39 is 6.03 Å². The molecule has 80 valence electrons. The van der Waals surface area contributed by atoms with Gasteiger partial charge in [0, 0.05) is 5.56 Å². The van der Waals surface area contributed by atoms with Crippen molar-refractivity contribution < 1.29 is 4.79 Å². The van der Waals surface area contributed by atoms with Gasteiger partial charge in [0.05, 0.1) is 17.6 Å². The predicted molar refractivity (Wildman–Crippen MR) is 62.9 cm³/mol. The van der Waals surface area contributed by atoms with Gasteiger partial charge in [-0.1, -0.05) is 30.3 Å². The maximum Gasteiger partial charge on any atom is 0.316 e. The molecule has 16 heavy (non-hydrogen) atoms. The van der Waals surface area contributed by atoms with Crippen LogP contribution in [0.3, 0.4) is 0 Å². The number of nitrogens with two attached hydrogens (primary N) is 1. The van der Waals surface area contributed by atoms with Gasteiger partial charge in [-0.15, -0.1) is 0 Å². The van der Waals surface area contributed by atoms with Gasteiger partial charge >= 0.3 is 6.03 Å². The van der Waals surface area contributed by atoms with Gasteiger partial charge in [-0.2, -0.15) is 0 Å². The minimum Gasteiger partial charge on any atom is -0.351 e. The number of amides is 2. The van der Waals surface area contributed by atoms with Crippen molar-refractivity contribution in [3.05, 3.63) is 48.7 Å². The van der Waals surface area contributed by atoms with Crippen LogP contribution in [0.5, 0.6) is 0 Å². The smallest absolute Gasteiger partial charge is 0.316 e. The second kappa shape index (κ2) is 4.44. The van der Waals surface area contributed by atoms with Gasteiger partial charge in [-0.3, -0.25) is 4.98 Å². The van der Waals surface area contributed by atoms with Crippen molar-refractivity contribution in [1.82, 2.24) is 4.98 Å². The van der Waals surface area contributed by atoms with Crippen LogP contribution in [0.1, 0.15) is 0 Å². The molecule has 0 atom stereocenters. The Hall–Kier alpha value is -2.36. The molecule has 1 heterocycles. The van der Waals surface area contributed by atoms with Gasteiger partial charge in [-0.05, 0) is 12.1 Å². The van der Waals surface area contributed by atoms with E-state index in [1.807, 2.05) is 36.4 Å². The number of primary amides is 1. The fraction of sp³-hybridized carbons (Fsp3) is 0. The number of benzene rings is 1. The summed E-state index contributed by atoms with van der Waals surface area (Å²) in [6.45, 7) is 0. The maximum atomic E-state index is 10.6. The Kier molecular flexibility index (Phi) is 2.82. The molecule has 4 heteroatoms. The molecule has 1 aromatic carbocycles. The average molecular weight is 213 g/mol. The number of rotatable bonds is 2. The summed E-state index contributed by atoms with van der Waals surface area (Å²) in [5.74, 6) is 0. The van der Waals surface area contributed by atoms with Crippen LogP contribution < -0.4 is 11.1 Å². The molecule has 1 aromatic heterocycles. The molecule has 0 spiro atoms. The maximum absolute atomic E-state index is 10.6. The zero-order chi connectivity index (χ0) is 11.4. The quantitative estimate of drug-likeness (QED) is 0.803. The third-order valence-corrected chi connectivity index (χ3v) is 2.10. The molecule has 0 radical (unpaired) electrons. The zero-order valence-electron chi connectivity index (χ0n) is 8.55. The Bertz CT molecular complexity index is 479. The topological polar surface area (TPSA) is 68.0 Å². The molecule has 0 aliphatic heterocycles. The summed E-state index contributed by atoms with van der Waals surface area (Å²) in [4.78, 5) is 14.8. The van der Waals surface area contributed by atoms with Crippen LogP contribution in [-0.2, 0) is 0 Å². The average Bonchev–Trinajstić information content (AvgIpc) is 2.30. The number of carbonyl (C=O) groups excluding carboxylic acids is 1. The van der Waals surface area contributed by atoms with E-state index in [-0.39, 0.29) is 0 Å². The number of carbonyl (C=O) groups is 1. The molecule has 0 aliphatic rings. The standard InChI is InChI=1S/C12H11N3O/c13-12(16)15-10-6-7-11(14-8-10)9-4-2-1-3-5-9/h1-8H,(H3,13,15,16). The Labute approximate surface area is 93.1 Å². The van der Waals surface area contributed by atoms with Gasteiger partial charge < -0.3 is 11.1 Å². The van der Waals surface area contributed by atoms with Crippen LogP contribution in [0.4, 0.5) is 10.5 Å². The molecule has 4 nitrogen and oxygen atoms in total. The van der Waals surface area contributed by atoms with E-state index in [0.717, 1.165) is 11.3 Å². The van der Waals surface area contributed by atoms with E-state index in [0.29, 0.717) is 5.69 Å². The highest BCUT2D eigenvalue weighted by Crippen LogP contribution is 2.17. The highest BCUT2D eigenvalue weighted by molar-refractivity contribution is 5.87. The molecule has 2 amide bonds. The van der Waals surface area contributed by atoms with Gasteiger partial charge in [-0.25, -0.2) is 4.79 Å². The van der Waals surface area contributed by atoms with Crippen molar-refractivity contribution in [2.45, 2.75) is 0 Å². The second-order valence-corrected chi connectivity index (χ2v) is 3.29. The lowest BCUT2D eigenvalue weighted by atomic mass is 10.1. The van der Waals surface area contributed by atoms with E-state index in [4.69, 9.17) is 5.73 Å². The summed E-state index contributed by atoms with van der Waals surface area (Å²) in [6.07, 6.45) is 1.58. The number of nitrogens with one attached hydrogen (secondary N) is 1. The minimum absolute atomic E-state index is 0.589. The number of pyridine rings is 1. The highest BCUT2D eigenvalue weighted by Gasteiger charge is 1.99. The molecular weight excluding hydrogens is 202 g/mol. The van der Waals surface area contributed by atoms with E-state index in [9.17, 15) is 4.79 Å². The number of hydrogen-bond donors (Lipinski definition) is 2. The van der Waals surface area contributed by atoms with Crippen molar-refractivity contribution in [3.63, 3.8) is 0 Å².